The van der Waals surface area contributed by atoms with Gasteiger partial charge in [-0.2, -0.15) is 0 Å². The van der Waals surface area contributed by atoms with Crippen LogP contribution in [0.3, 0.4) is 0 Å². The second kappa shape index (κ2) is 4.94. The molecule has 2 rings (SSSR count). The molecule has 1 aromatic carbocycles. The molecule has 2 aromatic rings. The molecule has 18 heavy (non-hydrogen) atoms. The van der Waals surface area contributed by atoms with Crippen LogP contribution in [-0.2, 0) is 7.05 Å². The fourth-order valence-electron chi connectivity index (χ4n) is 1.72. The number of nitrogens with one attached hydrogen (secondary N) is 1. The summed E-state index contributed by atoms with van der Waals surface area (Å²) in [5, 5.41) is 2.59. The number of nitrogens with zero attached hydrogens (tertiary/aromatic N) is 1. The van der Waals surface area contributed by atoms with Crippen molar-refractivity contribution in [3.63, 3.8) is 0 Å². The summed E-state index contributed by atoms with van der Waals surface area (Å²) in [6.07, 6.45) is 1.77. The van der Waals surface area contributed by atoms with Crippen molar-refractivity contribution < 1.29 is 9.18 Å². The van der Waals surface area contributed by atoms with Gasteiger partial charge in [0.1, 0.15) is 11.5 Å². The third-order valence-electron chi connectivity index (χ3n) is 2.66. The van der Waals surface area contributed by atoms with Gasteiger partial charge in [0, 0.05) is 17.7 Å². The van der Waals surface area contributed by atoms with Crippen LogP contribution in [0.5, 0.6) is 0 Å². The van der Waals surface area contributed by atoms with E-state index in [0.717, 1.165) is 4.47 Å². The molecule has 1 amide bonds. The van der Waals surface area contributed by atoms with Crippen molar-refractivity contribution in [1.29, 1.82) is 0 Å². The minimum absolute atomic E-state index is 0.222. The van der Waals surface area contributed by atoms with E-state index in [-0.39, 0.29) is 11.6 Å². The largest absolute Gasteiger partial charge is 0.345 e. The molecule has 0 unspecified atom stereocenters. The molecule has 5 heteroatoms. The van der Waals surface area contributed by atoms with Crippen LogP contribution in [-0.4, -0.2) is 10.5 Å². The Morgan fingerprint density at radius 2 is 2.17 bits per heavy atom. The molecule has 0 radical (unpaired) electrons. The maximum Gasteiger partial charge on any atom is 0.272 e. The highest BCUT2D eigenvalue weighted by atomic mass is 79.9. The zero-order valence-corrected chi connectivity index (χ0v) is 11.6. The van der Waals surface area contributed by atoms with E-state index in [9.17, 15) is 9.18 Å². The molecule has 0 aliphatic carbocycles. The zero-order chi connectivity index (χ0) is 13.3. The normalized spacial score (nSPS) is 10.4. The number of benzene rings is 1. The topological polar surface area (TPSA) is 34.0 Å². The lowest BCUT2D eigenvalue weighted by Gasteiger charge is -2.09. The van der Waals surface area contributed by atoms with Crippen molar-refractivity contribution in [2.24, 2.45) is 7.05 Å². The summed E-state index contributed by atoms with van der Waals surface area (Å²) < 4.78 is 16.1. The van der Waals surface area contributed by atoms with Crippen LogP contribution < -0.4 is 5.32 Å². The second-order valence-electron chi connectivity index (χ2n) is 4.04. The SMILES string of the molecule is Cc1cccc(F)c1NC(=O)c1cc(Br)cn1C. The smallest absolute Gasteiger partial charge is 0.272 e. The lowest BCUT2D eigenvalue weighted by molar-refractivity contribution is 0.101. The summed E-state index contributed by atoms with van der Waals surface area (Å²) in [6.45, 7) is 1.75. The Hall–Kier alpha value is -1.62. The highest BCUT2D eigenvalue weighted by Crippen LogP contribution is 2.20. The van der Waals surface area contributed by atoms with Crippen molar-refractivity contribution in [2.45, 2.75) is 6.92 Å². The van der Waals surface area contributed by atoms with Gasteiger partial charge in [-0.05, 0) is 40.5 Å². The van der Waals surface area contributed by atoms with Gasteiger partial charge < -0.3 is 9.88 Å². The van der Waals surface area contributed by atoms with E-state index in [1.807, 2.05) is 0 Å². The van der Waals surface area contributed by atoms with Crippen LogP contribution in [0.4, 0.5) is 10.1 Å². The Bertz CT molecular complexity index is 587. The molecule has 0 fully saturated rings. The maximum absolute atomic E-state index is 13.6. The lowest BCUT2D eigenvalue weighted by atomic mass is 10.2. The summed E-state index contributed by atoms with van der Waals surface area (Å²) in [5.41, 5.74) is 1.38. The lowest BCUT2D eigenvalue weighted by Crippen LogP contribution is -2.16. The minimum atomic E-state index is -0.434. The Morgan fingerprint density at radius 1 is 1.44 bits per heavy atom. The molecular formula is C13H12BrFN2O. The quantitative estimate of drug-likeness (QED) is 0.905. The molecule has 0 atom stereocenters. The molecule has 1 heterocycles. The van der Waals surface area contributed by atoms with E-state index in [4.69, 9.17) is 0 Å². The first-order valence-electron chi connectivity index (χ1n) is 5.37. The number of aromatic nitrogens is 1. The van der Waals surface area contributed by atoms with E-state index in [1.54, 1.807) is 42.9 Å². The molecule has 1 N–H and O–H groups in total. The molecule has 94 valence electrons. The number of hydrogen-bond donors (Lipinski definition) is 1. The van der Waals surface area contributed by atoms with Crippen LogP contribution in [0.15, 0.2) is 34.9 Å². The van der Waals surface area contributed by atoms with Crippen molar-refractivity contribution in [3.05, 3.63) is 52.0 Å². The highest BCUT2D eigenvalue weighted by molar-refractivity contribution is 9.10. The number of halogens is 2. The predicted molar refractivity (Wildman–Crippen MR) is 72.2 cm³/mol. The van der Waals surface area contributed by atoms with E-state index < -0.39 is 5.82 Å². The van der Waals surface area contributed by atoms with Gasteiger partial charge in [0.15, 0.2) is 0 Å². The van der Waals surface area contributed by atoms with Crippen molar-refractivity contribution >= 4 is 27.5 Å². The summed E-state index contributed by atoms with van der Waals surface area (Å²) in [4.78, 5) is 12.0. The number of aryl methyl sites for hydroxylation is 2. The zero-order valence-electron chi connectivity index (χ0n) is 10.00. The van der Waals surface area contributed by atoms with E-state index in [0.29, 0.717) is 11.3 Å². The van der Waals surface area contributed by atoms with Gasteiger partial charge in [0.05, 0.1) is 5.69 Å². The highest BCUT2D eigenvalue weighted by Gasteiger charge is 2.14. The van der Waals surface area contributed by atoms with Crippen LogP contribution in [0, 0.1) is 12.7 Å². The van der Waals surface area contributed by atoms with Gasteiger partial charge in [-0.1, -0.05) is 12.1 Å². The summed E-state index contributed by atoms with van der Waals surface area (Å²) in [6, 6.07) is 6.37. The fourth-order valence-corrected chi connectivity index (χ4v) is 2.24. The fraction of sp³-hybridized carbons (Fsp3) is 0.154. The Kier molecular flexibility index (Phi) is 3.52. The summed E-state index contributed by atoms with van der Waals surface area (Å²) in [7, 11) is 1.76. The first kappa shape index (κ1) is 12.8. The van der Waals surface area contributed by atoms with Gasteiger partial charge >= 0.3 is 0 Å². The molecule has 0 aliphatic heterocycles. The average molecular weight is 311 g/mol. The van der Waals surface area contributed by atoms with Crippen LogP contribution >= 0.6 is 15.9 Å². The van der Waals surface area contributed by atoms with Crippen LogP contribution in [0.2, 0.25) is 0 Å². The number of para-hydroxylation sites is 1. The number of rotatable bonds is 2. The number of carbonyl (C=O) groups excluding carboxylic acids is 1. The minimum Gasteiger partial charge on any atom is -0.345 e. The monoisotopic (exact) mass is 310 g/mol. The van der Waals surface area contributed by atoms with Gasteiger partial charge in [0.2, 0.25) is 0 Å². The Morgan fingerprint density at radius 3 is 2.72 bits per heavy atom. The van der Waals surface area contributed by atoms with Crippen LogP contribution in [0.25, 0.3) is 0 Å². The number of carbonyl (C=O) groups is 1. The summed E-state index contributed by atoms with van der Waals surface area (Å²) in [5.74, 6) is -0.770. The Labute approximate surface area is 113 Å². The van der Waals surface area contributed by atoms with Crippen LogP contribution in [0.1, 0.15) is 16.1 Å². The molecule has 0 bridgehead atoms. The number of hydrogen-bond acceptors (Lipinski definition) is 1. The van der Waals surface area contributed by atoms with Crippen molar-refractivity contribution in [1.82, 2.24) is 4.57 Å². The molecule has 0 aliphatic rings. The molecular weight excluding hydrogens is 299 g/mol. The molecule has 0 saturated carbocycles. The second-order valence-corrected chi connectivity index (χ2v) is 4.96. The first-order chi connectivity index (χ1) is 8.49. The third kappa shape index (κ3) is 2.46. The molecule has 3 nitrogen and oxygen atoms in total. The molecule has 1 aromatic heterocycles. The van der Waals surface area contributed by atoms with Crippen molar-refractivity contribution in [2.75, 3.05) is 5.32 Å². The number of amides is 1. The van der Waals surface area contributed by atoms with Crippen molar-refractivity contribution in [3.8, 4) is 0 Å². The average Bonchev–Trinajstić information content (AvgIpc) is 2.63. The predicted octanol–water partition coefficient (Wildman–Crippen LogP) is 3.49. The maximum atomic E-state index is 13.6. The molecule has 0 saturated heterocycles. The van der Waals surface area contributed by atoms with E-state index in [2.05, 4.69) is 21.2 Å². The van der Waals surface area contributed by atoms with Gasteiger partial charge in [-0.15, -0.1) is 0 Å². The third-order valence-corrected chi connectivity index (χ3v) is 3.10. The Balaban J connectivity index is 2.30. The van der Waals surface area contributed by atoms with Gasteiger partial charge in [0.25, 0.3) is 5.91 Å². The van der Waals surface area contributed by atoms with Gasteiger partial charge in [-0.25, -0.2) is 4.39 Å². The van der Waals surface area contributed by atoms with E-state index >= 15 is 0 Å². The number of anilines is 1. The molecule has 0 spiro atoms. The van der Waals surface area contributed by atoms with E-state index in [1.165, 1.54) is 6.07 Å². The first-order valence-corrected chi connectivity index (χ1v) is 6.16. The standard InChI is InChI=1S/C13H12BrFN2O/c1-8-4-3-5-10(15)12(8)16-13(18)11-6-9(14)7-17(11)2/h3-7H,1-2H3,(H,16,18). The summed E-state index contributed by atoms with van der Waals surface area (Å²) >= 11 is 3.29. The van der Waals surface area contributed by atoms with Gasteiger partial charge in [-0.3, -0.25) is 4.79 Å².